The van der Waals surface area contributed by atoms with Crippen LogP contribution in [0.2, 0.25) is 0 Å². The van der Waals surface area contributed by atoms with Gasteiger partial charge in [-0.05, 0) is 35.7 Å². The van der Waals surface area contributed by atoms with Gasteiger partial charge in [-0.3, -0.25) is 4.68 Å². The van der Waals surface area contributed by atoms with Gasteiger partial charge in [0.1, 0.15) is 5.82 Å². The van der Waals surface area contributed by atoms with Crippen LogP contribution in [0.25, 0.3) is 21.7 Å². The largest absolute Gasteiger partial charge is 0.340 e. The predicted molar refractivity (Wildman–Crippen MR) is 85.7 cm³/mol. The number of para-hydroxylation sites is 1. The van der Waals surface area contributed by atoms with E-state index in [1.54, 1.807) is 0 Å². The second-order valence-corrected chi connectivity index (χ2v) is 5.05. The molecule has 4 aromatic rings. The lowest BCUT2D eigenvalue weighted by atomic mass is 10.1. The van der Waals surface area contributed by atoms with Gasteiger partial charge in [0, 0.05) is 29.7 Å². The lowest BCUT2D eigenvalue weighted by Gasteiger charge is -2.09. The van der Waals surface area contributed by atoms with Gasteiger partial charge >= 0.3 is 0 Å². The summed E-state index contributed by atoms with van der Waals surface area (Å²) in [5.74, 6) is 0.865. The van der Waals surface area contributed by atoms with Gasteiger partial charge in [0.05, 0.1) is 11.7 Å². The van der Waals surface area contributed by atoms with E-state index in [0.29, 0.717) is 0 Å². The molecule has 0 spiro atoms. The first-order valence-corrected chi connectivity index (χ1v) is 6.84. The van der Waals surface area contributed by atoms with Crippen LogP contribution in [0.5, 0.6) is 0 Å². The SMILES string of the molecule is Cn1ncc2cc3c(Nc4ccccc4)nccc3cc21. The van der Waals surface area contributed by atoms with Gasteiger partial charge in [-0.2, -0.15) is 5.10 Å². The van der Waals surface area contributed by atoms with E-state index in [1.807, 2.05) is 60.5 Å². The number of aromatic nitrogens is 3. The molecule has 0 aliphatic carbocycles. The highest BCUT2D eigenvalue weighted by Crippen LogP contribution is 2.28. The van der Waals surface area contributed by atoms with E-state index in [-0.39, 0.29) is 0 Å². The highest BCUT2D eigenvalue weighted by atomic mass is 15.2. The summed E-state index contributed by atoms with van der Waals surface area (Å²) >= 11 is 0. The maximum Gasteiger partial charge on any atom is 0.138 e. The van der Waals surface area contributed by atoms with Crippen LogP contribution in [-0.2, 0) is 7.05 Å². The van der Waals surface area contributed by atoms with Crippen molar-refractivity contribution >= 4 is 33.2 Å². The van der Waals surface area contributed by atoms with Crippen LogP contribution in [0, 0.1) is 0 Å². The number of pyridine rings is 1. The van der Waals surface area contributed by atoms with E-state index in [0.717, 1.165) is 33.2 Å². The highest BCUT2D eigenvalue weighted by molar-refractivity contribution is 6.02. The second-order valence-electron chi connectivity index (χ2n) is 5.05. The molecular formula is C17H14N4. The zero-order valence-corrected chi connectivity index (χ0v) is 11.6. The minimum absolute atomic E-state index is 0.865. The van der Waals surface area contributed by atoms with Gasteiger partial charge in [0.15, 0.2) is 0 Å². The topological polar surface area (TPSA) is 42.7 Å². The van der Waals surface area contributed by atoms with E-state index < -0.39 is 0 Å². The van der Waals surface area contributed by atoms with Crippen molar-refractivity contribution in [2.45, 2.75) is 0 Å². The average molecular weight is 274 g/mol. The molecule has 0 aliphatic rings. The van der Waals surface area contributed by atoms with Crippen molar-refractivity contribution in [2.24, 2.45) is 7.05 Å². The smallest absolute Gasteiger partial charge is 0.138 e. The number of nitrogens with zero attached hydrogens (tertiary/aromatic N) is 3. The fourth-order valence-electron chi connectivity index (χ4n) is 2.58. The van der Waals surface area contributed by atoms with E-state index in [4.69, 9.17) is 0 Å². The molecule has 2 aromatic heterocycles. The van der Waals surface area contributed by atoms with Crippen LogP contribution >= 0.6 is 0 Å². The van der Waals surface area contributed by atoms with Gasteiger partial charge < -0.3 is 5.32 Å². The molecular weight excluding hydrogens is 260 g/mol. The van der Waals surface area contributed by atoms with Crippen LogP contribution in [0.15, 0.2) is 60.9 Å². The molecule has 0 saturated heterocycles. The summed E-state index contributed by atoms with van der Waals surface area (Å²) in [6.45, 7) is 0. The lowest BCUT2D eigenvalue weighted by molar-refractivity contribution is 0.797. The molecule has 0 fully saturated rings. The number of aryl methyl sites for hydroxylation is 1. The van der Waals surface area contributed by atoms with Crippen molar-refractivity contribution in [2.75, 3.05) is 5.32 Å². The predicted octanol–water partition coefficient (Wildman–Crippen LogP) is 3.87. The molecule has 2 aromatic carbocycles. The zero-order valence-electron chi connectivity index (χ0n) is 11.6. The Kier molecular flexibility index (Phi) is 2.60. The minimum atomic E-state index is 0.865. The molecule has 0 bridgehead atoms. The number of hydrogen-bond donors (Lipinski definition) is 1. The van der Waals surface area contributed by atoms with Gasteiger partial charge in [0.2, 0.25) is 0 Å². The number of rotatable bonds is 2. The van der Waals surface area contributed by atoms with Crippen molar-refractivity contribution < 1.29 is 0 Å². The summed E-state index contributed by atoms with van der Waals surface area (Å²) in [7, 11) is 1.96. The average Bonchev–Trinajstić information content (AvgIpc) is 2.88. The third kappa shape index (κ3) is 2.01. The molecule has 0 saturated carbocycles. The highest BCUT2D eigenvalue weighted by Gasteiger charge is 2.07. The first-order chi connectivity index (χ1) is 10.3. The molecule has 0 atom stereocenters. The zero-order chi connectivity index (χ0) is 14.2. The Morgan fingerprint density at radius 2 is 1.86 bits per heavy atom. The number of fused-ring (bicyclic) bond motifs is 2. The Bertz CT molecular complexity index is 925. The van der Waals surface area contributed by atoms with Gasteiger partial charge in [-0.1, -0.05) is 18.2 Å². The molecule has 2 heterocycles. The summed E-state index contributed by atoms with van der Waals surface area (Å²) in [5.41, 5.74) is 2.16. The Labute approximate surface area is 122 Å². The van der Waals surface area contributed by atoms with Gasteiger partial charge in [-0.25, -0.2) is 4.98 Å². The Morgan fingerprint density at radius 1 is 1.00 bits per heavy atom. The van der Waals surface area contributed by atoms with Gasteiger partial charge in [-0.15, -0.1) is 0 Å². The van der Waals surface area contributed by atoms with E-state index in [9.17, 15) is 0 Å². The summed E-state index contributed by atoms with van der Waals surface area (Å²) in [6, 6.07) is 16.4. The molecule has 0 aliphatic heterocycles. The van der Waals surface area contributed by atoms with Crippen LogP contribution in [0.1, 0.15) is 0 Å². The van der Waals surface area contributed by atoms with Crippen LogP contribution in [0.4, 0.5) is 11.5 Å². The summed E-state index contributed by atoms with van der Waals surface area (Å²) in [4.78, 5) is 4.48. The second kappa shape index (κ2) is 4.59. The quantitative estimate of drug-likeness (QED) is 0.603. The first kappa shape index (κ1) is 11.9. The van der Waals surface area contributed by atoms with Crippen LogP contribution in [0.3, 0.4) is 0 Å². The molecule has 102 valence electrons. The van der Waals surface area contributed by atoms with Crippen molar-refractivity contribution in [3.8, 4) is 0 Å². The maximum absolute atomic E-state index is 4.48. The Hall–Kier alpha value is -2.88. The standard InChI is InChI=1S/C17H14N4/c1-21-16-10-12-7-8-18-17(15(12)9-13(16)11-19-21)20-14-5-3-2-4-6-14/h2-11H,1H3,(H,18,20). The van der Waals surface area contributed by atoms with E-state index in [2.05, 4.69) is 27.5 Å². The summed E-state index contributed by atoms with van der Waals surface area (Å²) < 4.78 is 1.89. The molecule has 4 rings (SSSR count). The van der Waals surface area contributed by atoms with Crippen molar-refractivity contribution in [1.82, 2.24) is 14.8 Å². The molecule has 4 heteroatoms. The molecule has 0 amide bonds. The number of benzene rings is 2. The Morgan fingerprint density at radius 3 is 2.71 bits per heavy atom. The lowest BCUT2D eigenvalue weighted by Crippen LogP contribution is -1.94. The fourth-order valence-corrected chi connectivity index (χ4v) is 2.58. The summed E-state index contributed by atoms with van der Waals surface area (Å²) in [5, 5.41) is 11.1. The number of anilines is 2. The van der Waals surface area contributed by atoms with E-state index >= 15 is 0 Å². The monoisotopic (exact) mass is 274 g/mol. The van der Waals surface area contributed by atoms with E-state index in [1.165, 1.54) is 0 Å². The number of nitrogens with one attached hydrogen (secondary N) is 1. The van der Waals surface area contributed by atoms with Crippen LogP contribution < -0.4 is 5.32 Å². The maximum atomic E-state index is 4.48. The third-order valence-corrected chi connectivity index (χ3v) is 3.67. The number of hydrogen-bond acceptors (Lipinski definition) is 3. The Balaban J connectivity index is 1.91. The first-order valence-electron chi connectivity index (χ1n) is 6.84. The summed E-state index contributed by atoms with van der Waals surface area (Å²) in [6.07, 6.45) is 3.71. The van der Waals surface area contributed by atoms with Crippen molar-refractivity contribution in [3.63, 3.8) is 0 Å². The third-order valence-electron chi connectivity index (χ3n) is 3.67. The molecule has 4 nitrogen and oxygen atoms in total. The fraction of sp³-hybridized carbons (Fsp3) is 0.0588. The van der Waals surface area contributed by atoms with Crippen molar-refractivity contribution in [3.05, 3.63) is 60.9 Å². The molecule has 21 heavy (non-hydrogen) atoms. The normalized spacial score (nSPS) is 11.1. The molecule has 0 radical (unpaired) electrons. The molecule has 1 N–H and O–H groups in total. The van der Waals surface area contributed by atoms with Crippen LogP contribution in [-0.4, -0.2) is 14.8 Å². The minimum Gasteiger partial charge on any atom is -0.340 e. The molecule has 0 unspecified atom stereocenters. The van der Waals surface area contributed by atoms with Gasteiger partial charge in [0.25, 0.3) is 0 Å². The van der Waals surface area contributed by atoms with Crippen molar-refractivity contribution in [1.29, 1.82) is 0 Å².